The number of ether oxygens (including phenoxy) is 3. The van der Waals surface area contributed by atoms with Crippen molar-refractivity contribution in [2.75, 3.05) is 25.7 Å². The molecule has 5 rings (SSSR count). The molecule has 1 atom stereocenters. The van der Waals surface area contributed by atoms with Crippen molar-refractivity contribution in [3.63, 3.8) is 0 Å². The summed E-state index contributed by atoms with van der Waals surface area (Å²) in [5.74, 6) is -1.91. The van der Waals surface area contributed by atoms with Crippen LogP contribution in [0.2, 0.25) is 0 Å². The number of esters is 1. The molecule has 3 aromatic heterocycles. The standard InChI is InChI=1S/C30H30N4O7S/c1-6-7-14-41-19-12-11-18(15-20(19)39-4)24-22(25(35)23-16(2)31-21-10-8-9-13-33(21)23)26(36)28(37)34(24)30-32-17(3)27(42-30)29(38)40-5/h8-13,15,24,35H,6-7,14H2,1-5H3/b25-22+. The number of anilines is 1. The van der Waals surface area contributed by atoms with Gasteiger partial charge >= 0.3 is 11.9 Å². The molecule has 0 radical (unpaired) electrons. The summed E-state index contributed by atoms with van der Waals surface area (Å²) >= 11 is 0.927. The lowest BCUT2D eigenvalue weighted by molar-refractivity contribution is -0.132. The highest BCUT2D eigenvalue weighted by Gasteiger charge is 2.49. The Morgan fingerprint density at radius 3 is 2.57 bits per heavy atom. The second-order valence-electron chi connectivity index (χ2n) is 9.66. The maximum absolute atomic E-state index is 13.7. The third-order valence-corrected chi connectivity index (χ3v) is 8.13. The minimum absolute atomic E-state index is 0.108. The molecule has 1 aliphatic rings. The number of aliphatic hydroxyl groups excluding tert-OH is 1. The first-order valence-electron chi connectivity index (χ1n) is 13.3. The number of aromatic nitrogens is 3. The highest BCUT2D eigenvalue weighted by atomic mass is 32.1. The van der Waals surface area contributed by atoms with E-state index in [2.05, 4.69) is 16.9 Å². The van der Waals surface area contributed by atoms with Crippen LogP contribution in [0.15, 0.2) is 48.2 Å². The van der Waals surface area contributed by atoms with Crippen molar-refractivity contribution < 1.29 is 33.7 Å². The van der Waals surface area contributed by atoms with Gasteiger partial charge in [0, 0.05) is 6.20 Å². The number of pyridine rings is 1. The van der Waals surface area contributed by atoms with E-state index in [1.165, 1.54) is 19.1 Å². The molecule has 0 saturated carbocycles. The quantitative estimate of drug-likeness (QED) is 0.0939. The zero-order chi connectivity index (χ0) is 30.1. The molecule has 1 fully saturated rings. The van der Waals surface area contributed by atoms with Crippen LogP contribution in [0.3, 0.4) is 0 Å². The van der Waals surface area contributed by atoms with E-state index in [4.69, 9.17) is 14.2 Å². The third kappa shape index (κ3) is 4.87. The SMILES string of the molecule is CCCCOc1ccc(C2/C(=C(\O)c3c(C)nc4ccccn34)C(=O)C(=O)N2c2nc(C)c(C(=O)OC)s2)cc1OC. The zero-order valence-electron chi connectivity index (χ0n) is 23.8. The van der Waals surface area contributed by atoms with Gasteiger partial charge in [-0.2, -0.15) is 0 Å². The molecule has 1 aromatic carbocycles. The van der Waals surface area contributed by atoms with Crippen LogP contribution >= 0.6 is 11.3 Å². The molecule has 1 unspecified atom stereocenters. The van der Waals surface area contributed by atoms with Crippen molar-refractivity contribution in [3.05, 3.63) is 75.7 Å². The minimum Gasteiger partial charge on any atom is -0.505 e. The number of thiazole rings is 1. The number of hydrogen-bond donors (Lipinski definition) is 1. The number of unbranched alkanes of at least 4 members (excludes halogenated alkanes) is 1. The Labute approximate surface area is 246 Å². The van der Waals surface area contributed by atoms with Gasteiger partial charge in [0.25, 0.3) is 5.78 Å². The normalized spacial score (nSPS) is 16.3. The summed E-state index contributed by atoms with van der Waals surface area (Å²) in [6.45, 7) is 5.88. The fraction of sp³-hybridized carbons (Fsp3) is 0.300. The van der Waals surface area contributed by atoms with Crippen molar-refractivity contribution in [2.24, 2.45) is 0 Å². The number of nitrogens with zero attached hydrogens (tertiary/aromatic N) is 4. The molecule has 11 nitrogen and oxygen atoms in total. The van der Waals surface area contributed by atoms with Gasteiger partial charge in [0.1, 0.15) is 16.2 Å². The lowest BCUT2D eigenvalue weighted by atomic mass is 9.96. The Morgan fingerprint density at radius 1 is 1.07 bits per heavy atom. The Morgan fingerprint density at radius 2 is 1.86 bits per heavy atom. The molecule has 1 amide bonds. The van der Waals surface area contributed by atoms with E-state index in [-0.39, 0.29) is 27.0 Å². The van der Waals surface area contributed by atoms with E-state index in [0.29, 0.717) is 40.7 Å². The molecule has 42 heavy (non-hydrogen) atoms. The smallest absolute Gasteiger partial charge is 0.350 e. The maximum Gasteiger partial charge on any atom is 0.350 e. The van der Waals surface area contributed by atoms with Crippen LogP contribution < -0.4 is 14.4 Å². The van der Waals surface area contributed by atoms with Gasteiger partial charge in [-0.15, -0.1) is 0 Å². The topological polar surface area (TPSA) is 133 Å². The van der Waals surface area contributed by atoms with Crippen LogP contribution in [0.1, 0.15) is 58.1 Å². The number of carbonyl (C=O) groups excluding carboxylic acids is 3. The number of imidazole rings is 1. The van der Waals surface area contributed by atoms with Gasteiger partial charge in [-0.25, -0.2) is 14.8 Å². The number of aliphatic hydroxyl groups is 1. The Kier molecular flexibility index (Phi) is 7.99. The van der Waals surface area contributed by atoms with Crippen molar-refractivity contribution >= 4 is 45.5 Å². The molecule has 218 valence electrons. The van der Waals surface area contributed by atoms with Gasteiger partial charge in [0.2, 0.25) is 0 Å². The molecule has 0 bridgehead atoms. The van der Waals surface area contributed by atoms with E-state index in [1.54, 1.807) is 54.8 Å². The minimum atomic E-state index is -1.10. The molecule has 1 saturated heterocycles. The zero-order valence-corrected chi connectivity index (χ0v) is 24.7. The molecule has 1 N–H and O–H groups in total. The van der Waals surface area contributed by atoms with Gasteiger partial charge in [0.15, 0.2) is 22.4 Å². The number of benzene rings is 1. The number of Topliss-reactive ketones (excluding diaryl/α,β-unsaturated/α-hetero) is 1. The van der Waals surface area contributed by atoms with Gasteiger partial charge in [-0.05, 0) is 50.1 Å². The van der Waals surface area contributed by atoms with Crippen molar-refractivity contribution in [1.29, 1.82) is 0 Å². The van der Waals surface area contributed by atoms with E-state index in [0.717, 1.165) is 24.2 Å². The average Bonchev–Trinajstić information content (AvgIpc) is 3.62. The molecule has 0 spiro atoms. The molecule has 0 aliphatic carbocycles. The van der Waals surface area contributed by atoms with Crippen molar-refractivity contribution in [2.45, 2.75) is 39.7 Å². The highest BCUT2D eigenvalue weighted by molar-refractivity contribution is 7.17. The fourth-order valence-electron chi connectivity index (χ4n) is 4.94. The molecule has 4 heterocycles. The van der Waals surface area contributed by atoms with Crippen LogP contribution in [0, 0.1) is 13.8 Å². The summed E-state index contributed by atoms with van der Waals surface area (Å²) < 4.78 is 18.0. The summed E-state index contributed by atoms with van der Waals surface area (Å²) in [5.41, 5.74) is 1.98. The largest absolute Gasteiger partial charge is 0.505 e. The highest BCUT2D eigenvalue weighted by Crippen LogP contribution is 2.46. The summed E-state index contributed by atoms with van der Waals surface area (Å²) in [6.07, 6.45) is 3.53. The van der Waals surface area contributed by atoms with Crippen molar-refractivity contribution in [1.82, 2.24) is 14.4 Å². The number of amides is 1. The first kappa shape index (κ1) is 28.8. The lowest BCUT2D eigenvalue weighted by Gasteiger charge is -2.24. The van der Waals surface area contributed by atoms with E-state index >= 15 is 0 Å². The summed E-state index contributed by atoms with van der Waals surface area (Å²) in [7, 11) is 2.75. The summed E-state index contributed by atoms with van der Waals surface area (Å²) in [4.78, 5) is 50.1. The first-order chi connectivity index (χ1) is 20.2. The number of aryl methyl sites for hydroxylation is 2. The van der Waals surface area contributed by atoms with Crippen LogP contribution in [0.5, 0.6) is 11.5 Å². The number of fused-ring (bicyclic) bond motifs is 1. The Hall–Kier alpha value is -4.71. The second kappa shape index (κ2) is 11.6. The maximum atomic E-state index is 13.7. The summed E-state index contributed by atoms with van der Waals surface area (Å²) in [6, 6.07) is 9.34. The Balaban J connectivity index is 1.73. The van der Waals surface area contributed by atoms with Gasteiger partial charge in [-0.3, -0.25) is 18.9 Å². The van der Waals surface area contributed by atoms with Crippen molar-refractivity contribution in [3.8, 4) is 11.5 Å². The summed E-state index contributed by atoms with van der Waals surface area (Å²) in [5, 5.41) is 11.9. The lowest BCUT2D eigenvalue weighted by Crippen LogP contribution is -2.29. The predicted molar refractivity (Wildman–Crippen MR) is 156 cm³/mol. The van der Waals surface area contributed by atoms with Crippen LogP contribution in [-0.4, -0.2) is 58.0 Å². The second-order valence-corrected chi connectivity index (χ2v) is 10.6. The van der Waals surface area contributed by atoms with Crippen LogP contribution in [0.4, 0.5) is 5.13 Å². The number of hydrogen-bond acceptors (Lipinski definition) is 10. The van der Waals surface area contributed by atoms with Crippen LogP contribution in [0.25, 0.3) is 11.4 Å². The van der Waals surface area contributed by atoms with E-state index in [1.807, 2.05) is 6.07 Å². The average molecular weight is 591 g/mol. The van der Waals surface area contributed by atoms with Crippen LogP contribution in [-0.2, 0) is 14.3 Å². The first-order valence-corrected chi connectivity index (χ1v) is 14.1. The van der Waals surface area contributed by atoms with Gasteiger partial charge < -0.3 is 19.3 Å². The third-order valence-electron chi connectivity index (χ3n) is 6.99. The van der Waals surface area contributed by atoms with E-state index < -0.39 is 23.7 Å². The molecular formula is C30H30N4O7S. The van der Waals surface area contributed by atoms with E-state index in [9.17, 15) is 19.5 Å². The molecular weight excluding hydrogens is 560 g/mol. The number of methoxy groups -OCH3 is 2. The number of ketones is 1. The number of rotatable bonds is 9. The molecule has 12 heteroatoms. The van der Waals surface area contributed by atoms with Gasteiger partial charge in [-0.1, -0.05) is 36.8 Å². The van der Waals surface area contributed by atoms with Gasteiger partial charge in [0.05, 0.1) is 43.8 Å². The predicted octanol–water partition coefficient (Wildman–Crippen LogP) is 5.01. The number of carbonyl (C=O) groups is 3. The molecule has 1 aliphatic heterocycles. The Bertz CT molecular complexity index is 1740. The monoisotopic (exact) mass is 590 g/mol. The fourth-order valence-corrected chi connectivity index (χ4v) is 5.95. The molecule has 4 aromatic rings.